The highest BCUT2D eigenvalue weighted by molar-refractivity contribution is 6.00. The van der Waals surface area contributed by atoms with Crippen LogP contribution < -0.4 is 10.1 Å². The average molecular weight is 563 g/mol. The predicted molar refractivity (Wildman–Crippen MR) is 160 cm³/mol. The molecule has 4 aromatic carbocycles. The minimum Gasteiger partial charge on any atom is -0.497 e. The first-order chi connectivity index (χ1) is 20.4. The third-order valence-electron chi connectivity index (χ3n) is 7.87. The highest BCUT2D eigenvalue weighted by atomic mass is 16.5. The molecule has 2 amide bonds. The van der Waals surface area contributed by atoms with Gasteiger partial charge in [0.2, 0.25) is 5.91 Å². The molecule has 1 aliphatic heterocycles. The number of amides is 2. The van der Waals surface area contributed by atoms with Gasteiger partial charge in [-0.2, -0.15) is 0 Å². The maximum absolute atomic E-state index is 14.5. The molecule has 0 aliphatic carbocycles. The van der Waals surface area contributed by atoms with Crippen molar-refractivity contribution in [1.82, 2.24) is 10.2 Å². The Morgan fingerprint density at radius 2 is 1.43 bits per heavy atom. The number of ether oxygens (including phenoxy) is 2. The number of likely N-dealkylation sites (tertiary alicyclic amines) is 1. The van der Waals surface area contributed by atoms with Crippen LogP contribution in [0, 0.1) is 12.8 Å². The highest BCUT2D eigenvalue weighted by Crippen LogP contribution is 2.51. The van der Waals surface area contributed by atoms with Crippen LogP contribution in [-0.4, -0.2) is 42.9 Å². The van der Waals surface area contributed by atoms with Crippen LogP contribution in [0.25, 0.3) is 0 Å². The fourth-order valence-electron chi connectivity index (χ4n) is 5.85. The number of nitrogens with zero attached hydrogens (tertiary/aromatic N) is 1. The Bertz CT molecular complexity index is 1540. The second kappa shape index (κ2) is 12.7. The van der Waals surface area contributed by atoms with Gasteiger partial charge in [0.15, 0.2) is 0 Å². The molecule has 1 heterocycles. The molecular formula is C35H34N2O5. The minimum absolute atomic E-state index is 0.275. The molecule has 7 heteroatoms. The monoisotopic (exact) mass is 562 g/mol. The summed E-state index contributed by atoms with van der Waals surface area (Å²) in [6.45, 7) is 2.28. The maximum atomic E-state index is 14.5. The second-order valence-electron chi connectivity index (χ2n) is 10.4. The molecule has 4 aromatic rings. The molecule has 1 saturated heterocycles. The van der Waals surface area contributed by atoms with Crippen molar-refractivity contribution in [2.75, 3.05) is 14.2 Å². The quantitative estimate of drug-likeness (QED) is 0.289. The van der Waals surface area contributed by atoms with Crippen LogP contribution in [0.5, 0.6) is 5.75 Å². The first-order valence-corrected chi connectivity index (χ1v) is 13.9. The van der Waals surface area contributed by atoms with Gasteiger partial charge in [-0.05, 0) is 41.8 Å². The van der Waals surface area contributed by atoms with Crippen LogP contribution in [0.15, 0.2) is 109 Å². The first-order valence-electron chi connectivity index (χ1n) is 13.9. The Kier molecular flexibility index (Phi) is 8.67. The number of aryl methyl sites for hydroxylation is 1. The van der Waals surface area contributed by atoms with E-state index in [0.717, 1.165) is 22.3 Å². The van der Waals surface area contributed by atoms with Crippen molar-refractivity contribution >= 4 is 17.8 Å². The van der Waals surface area contributed by atoms with E-state index in [2.05, 4.69) is 5.32 Å². The number of hydrogen-bond acceptors (Lipinski definition) is 5. The van der Waals surface area contributed by atoms with Crippen molar-refractivity contribution in [3.8, 4) is 5.75 Å². The molecule has 0 aromatic heterocycles. The Balaban J connectivity index is 1.67. The second-order valence-corrected chi connectivity index (χ2v) is 10.4. The standard InChI is InChI=1S/C35H34N2O5/c1-23-17-19-24(20-18-23)22-36-33(38)32-29(25-11-6-4-7-12-25)30(35(40)42-3)31(26-13-8-5-9-14-26)37(32)34(39)27-15-10-16-28(21-27)41-2/h4-21,29-32H,22H2,1-3H3,(H,36,38). The Labute approximate surface area is 246 Å². The zero-order chi connectivity index (χ0) is 29.6. The molecule has 1 fully saturated rings. The van der Waals surface area contributed by atoms with E-state index >= 15 is 0 Å². The Hall–Kier alpha value is -4.91. The number of benzene rings is 4. The van der Waals surface area contributed by atoms with Crippen LogP contribution in [0.4, 0.5) is 0 Å². The van der Waals surface area contributed by atoms with Crippen molar-refractivity contribution in [2.45, 2.75) is 31.5 Å². The summed E-state index contributed by atoms with van der Waals surface area (Å²) in [5.74, 6) is -2.23. The summed E-state index contributed by atoms with van der Waals surface area (Å²) in [5.41, 5.74) is 3.90. The zero-order valence-corrected chi connectivity index (χ0v) is 23.9. The van der Waals surface area contributed by atoms with Crippen molar-refractivity contribution < 1.29 is 23.9 Å². The highest BCUT2D eigenvalue weighted by Gasteiger charge is 2.58. The van der Waals surface area contributed by atoms with Gasteiger partial charge in [-0.15, -0.1) is 0 Å². The molecule has 214 valence electrons. The Morgan fingerprint density at radius 3 is 2.05 bits per heavy atom. The lowest BCUT2D eigenvalue weighted by Gasteiger charge is -2.31. The molecule has 1 aliphatic rings. The normalized spacial score (nSPS) is 19.6. The van der Waals surface area contributed by atoms with Gasteiger partial charge < -0.3 is 19.7 Å². The maximum Gasteiger partial charge on any atom is 0.311 e. The molecule has 4 unspecified atom stereocenters. The zero-order valence-electron chi connectivity index (χ0n) is 23.9. The van der Waals surface area contributed by atoms with Crippen LogP contribution in [0.2, 0.25) is 0 Å². The smallest absolute Gasteiger partial charge is 0.311 e. The molecule has 0 radical (unpaired) electrons. The van der Waals surface area contributed by atoms with Gasteiger partial charge in [-0.25, -0.2) is 0 Å². The van der Waals surface area contributed by atoms with Crippen molar-refractivity contribution in [2.24, 2.45) is 5.92 Å². The summed E-state index contributed by atoms with van der Waals surface area (Å²) in [6.07, 6.45) is 0. The van der Waals surface area contributed by atoms with Crippen molar-refractivity contribution in [1.29, 1.82) is 0 Å². The number of hydrogen-bond donors (Lipinski definition) is 1. The first kappa shape index (κ1) is 28.6. The van der Waals surface area contributed by atoms with Gasteiger partial charge in [-0.1, -0.05) is 96.6 Å². The van der Waals surface area contributed by atoms with Crippen LogP contribution >= 0.6 is 0 Å². The number of rotatable bonds is 8. The van der Waals surface area contributed by atoms with E-state index in [1.165, 1.54) is 14.2 Å². The van der Waals surface area contributed by atoms with Crippen LogP contribution in [-0.2, 0) is 20.9 Å². The number of esters is 1. The summed E-state index contributed by atoms with van der Waals surface area (Å²) < 4.78 is 10.7. The van der Waals surface area contributed by atoms with E-state index in [1.807, 2.05) is 91.9 Å². The lowest BCUT2D eigenvalue weighted by molar-refractivity contribution is -0.146. The summed E-state index contributed by atoms with van der Waals surface area (Å²) in [7, 11) is 2.87. The van der Waals surface area contributed by atoms with Gasteiger partial charge >= 0.3 is 5.97 Å². The minimum atomic E-state index is -1.01. The molecule has 4 atom stereocenters. The van der Waals surface area contributed by atoms with Gasteiger partial charge in [0.25, 0.3) is 5.91 Å². The summed E-state index contributed by atoms with van der Waals surface area (Å²) in [5, 5.41) is 3.06. The number of carbonyl (C=O) groups is 3. The van der Waals surface area contributed by atoms with Crippen molar-refractivity contribution in [3.05, 3.63) is 137 Å². The topological polar surface area (TPSA) is 84.9 Å². The van der Waals surface area contributed by atoms with E-state index in [9.17, 15) is 14.4 Å². The van der Waals surface area contributed by atoms with Gasteiger partial charge in [0.1, 0.15) is 11.8 Å². The summed E-state index contributed by atoms with van der Waals surface area (Å²) >= 11 is 0. The molecule has 1 N–H and O–H groups in total. The van der Waals surface area contributed by atoms with E-state index in [1.54, 1.807) is 29.2 Å². The van der Waals surface area contributed by atoms with Gasteiger partial charge in [0, 0.05) is 18.0 Å². The largest absolute Gasteiger partial charge is 0.497 e. The molecule has 0 spiro atoms. The molecule has 5 rings (SSSR count). The summed E-state index contributed by atoms with van der Waals surface area (Å²) in [4.78, 5) is 44.0. The lowest BCUT2D eigenvalue weighted by atomic mass is 9.80. The summed E-state index contributed by atoms with van der Waals surface area (Å²) in [6, 6.07) is 31.7. The fourth-order valence-corrected chi connectivity index (χ4v) is 5.85. The van der Waals surface area contributed by atoms with E-state index < -0.39 is 29.9 Å². The van der Waals surface area contributed by atoms with Crippen molar-refractivity contribution in [3.63, 3.8) is 0 Å². The molecular weight excluding hydrogens is 528 g/mol. The predicted octanol–water partition coefficient (Wildman–Crippen LogP) is 5.46. The Morgan fingerprint density at radius 1 is 0.786 bits per heavy atom. The van der Waals surface area contributed by atoms with Crippen LogP contribution in [0.1, 0.15) is 44.6 Å². The third kappa shape index (κ3) is 5.77. The van der Waals surface area contributed by atoms with E-state index in [0.29, 0.717) is 11.3 Å². The SMILES string of the molecule is COC(=O)C1C(c2ccccc2)C(C(=O)NCc2ccc(C)cc2)N(C(=O)c2cccc(OC)c2)C1c1ccccc1. The van der Waals surface area contributed by atoms with Gasteiger partial charge in [-0.3, -0.25) is 14.4 Å². The third-order valence-corrected chi connectivity index (χ3v) is 7.87. The van der Waals surface area contributed by atoms with Gasteiger partial charge in [0.05, 0.1) is 26.2 Å². The van der Waals surface area contributed by atoms with E-state index in [4.69, 9.17) is 9.47 Å². The molecule has 42 heavy (non-hydrogen) atoms. The average Bonchev–Trinajstić information content (AvgIpc) is 3.40. The number of methoxy groups -OCH3 is 2. The molecule has 0 bridgehead atoms. The molecule has 0 saturated carbocycles. The van der Waals surface area contributed by atoms with E-state index in [-0.39, 0.29) is 18.4 Å². The molecule has 7 nitrogen and oxygen atoms in total. The van der Waals surface area contributed by atoms with Crippen LogP contribution in [0.3, 0.4) is 0 Å². The fraction of sp³-hybridized carbons (Fsp3) is 0.229. The lowest BCUT2D eigenvalue weighted by Crippen LogP contribution is -2.48. The number of nitrogens with one attached hydrogen (secondary N) is 1. The number of carbonyl (C=O) groups excluding carboxylic acids is 3.